The summed E-state index contributed by atoms with van der Waals surface area (Å²) in [5.74, 6) is 0.289. The Morgan fingerprint density at radius 2 is 2.00 bits per heavy atom. The first-order chi connectivity index (χ1) is 10.5. The van der Waals surface area contributed by atoms with Crippen molar-refractivity contribution in [3.05, 3.63) is 46.6 Å². The predicted molar refractivity (Wildman–Crippen MR) is 90.0 cm³/mol. The number of nitrogens with zero attached hydrogens (tertiary/aromatic N) is 1. The molecule has 0 spiro atoms. The Hall–Kier alpha value is -1.72. The maximum absolute atomic E-state index is 12.2. The molecule has 1 aromatic heterocycles. The number of aliphatic hydroxyl groups excluding tert-OH is 1. The van der Waals surface area contributed by atoms with Crippen LogP contribution in [0.4, 0.5) is 5.00 Å². The van der Waals surface area contributed by atoms with Gasteiger partial charge in [-0.2, -0.15) is 0 Å². The third-order valence-electron chi connectivity index (χ3n) is 3.22. The van der Waals surface area contributed by atoms with E-state index in [2.05, 4.69) is 24.1 Å². The number of hydrogen-bond donors (Lipinski definition) is 2. The molecule has 0 saturated heterocycles. The molecule has 2 rings (SSSR count). The highest BCUT2D eigenvalue weighted by Gasteiger charge is 2.17. The van der Waals surface area contributed by atoms with E-state index < -0.39 is 6.10 Å². The summed E-state index contributed by atoms with van der Waals surface area (Å²) in [5.41, 5.74) is 1.68. The molecular weight excluding hydrogens is 296 g/mol. The minimum atomic E-state index is -0.788. The van der Waals surface area contributed by atoms with Gasteiger partial charge in [0.2, 0.25) is 5.91 Å². The number of rotatable bonds is 6. The number of hydrogen-bond acceptors (Lipinski definition) is 4. The fourth-order valence-corrected chi connectivity index (χ4v) is 3.10. The molecule has 2 N–H and O–H groups in total. The first-order valence-corrected chi connectivity index (χ1v) is 8.26. The highest BCUT2D eigenvalue weighted by atomic mass is 32.1. The molecular formula is C17H22N2O2S. The Labute approximate surface area is 135 Å². The molecule has 118 valence electrons. The van der Waals surface area contributed by atoms with Gasteiger partial charge in [-0.05, 0) is 24.8 Å². The number of thiazole rings is 1. The molecule has 0 fully saturated rings. The van der Waals surface area contributed by atoms with Crippen molar-refractivity contribution in [2.75, 3.05) is 5.32 Å². The average Bonchev–Trinajstić information content (AvgIpc) is 2.78. The third kappa shape index (κ3) is 4.64. The number of carbonyl (C=O) groups is 1. The van der Waals surface area contributed by atoms with Gasteiger partial charge in [-0.15, -0.1) is 11.3 Å². The highest BCUT2D eigenvalue weighted by Crippen LogP contribution is 2.27. The number of aromatic nitrogens is 1. The number of carbonyl (C=O) groups excluding carboxylic acids is 1. The number of anilines is 1. The van der Waals surface area contributed by atoms with Gasteiger partial charge in [-0.3, -0.25) is 4.79 Å². The molecule has 5 heteroatoms. The summed E-state index contributed by atoms with van der Waals surface area (Å²) in [6, 6.07) is 9.22. The van der Waals surface area contributed by atoms with Crippen molar-refractivity contribution in [2.24, 2.45) is 5.92 Å². The molecule has 1 amide bonds. The number of aliphatic hydroxyl groups is 1. The van der Waals surface area contributed by atoms with E-state index in [0.717, 1.165) is 27.7 Å². The zero-order valence-corrected chi connectivity index (χ0v) is 14.0. The van der Waals surface area contributed by atoms with Crippen molar-refractivity contribution < 1.29 is 9.90 Å². The van der Waals surface area contributed by atoms with Gasteiger partial charge < -0.3 is 10.4 Å². The second kappa shape index (κ2) is 7.51. The highest BCUT2D eigenvalue weighted by molar-refractivity contribution is 7.16. The fraction of sp³-hybridized carbons (Fsp3) is 0.412. The zero-order valence-electron chi connectivity index (χ0n) is 13.2. The van der Waals surface area contributed by atoms with E-state index >= 15 is 0 Å². The number of amides is 1. The molecule has 0 saturated carbocycles. The monoisotopic (exact) mass is 318 g/mol. The largest absolute Gasteiger partial charge is 0.388 e. The van der Waals surface area contributed by atoms with Gasteiger partial charge in [0.15, 0.2) is 0 Å². The van der Waals surface area contributed by atoms with Crippen LogP contribution in [0, 0.1) is 12.8 Å². The SMILES string of the molecule is Cc1nc(CC(C)C)c(NC(=O)CC(O)c2ccccc2)s1. The fourth-order valence-electron chi connectivity index (χ4n) is 2.24. The molecule has 0 bridgehead atoms. The van der Waals surface area contributed by atoms with E-state index in [1.54, 1.807) is 0 Å². The van der Waals surface area contributed by atoms with Crippen molar-refractivity contribution >= 4 is 22.2 Å². The van der Waals surface area contributed by atoms with Gasteiger partial charge in [0, 0.05) is 0 Å². The molecule has 22 heavy (non-hydrogen) atoms. The Bertz CT molecular complexity index is 623. The van der Waals surface area contributed by atoms with Crippen LogP contribution in [0.1, 0.15) is 42.6 Å². The van der Waals surface area contributed by atoms with E-state index in [9.17, 15) is 9.90 Å². The smallest absolute Gasteiger partial charge is 0.227 e. The predicted octanol–water partition coefficient (Wildman–Crippen LogP) is 3.71. The Morgan fingerprint density at radius 1 is 1.32 bits per heavy atom. The quantitative estimate of drug-likeness (QED) is 0.853. The second-order valence-electron chi connectivity index (χ2n) is 5.79. The molecule has 1 heterocycles. The number of aryl methyl sites for hydroxylation is 1. The van der Waals surface area contributed by atoms with Crippen molar-refractivity contribution in [1.29, 1.82) is 0 Å². The summed E-state index contributed by atoms with van der Waals surface area (Å²) in [6.45, 7) is 6.18. The van der Waals surface area contributed by atoms with Crippen molar-refractivity contribution in [3.63, 3.8) is 0 Å². The number of benzene rings is 1. The maximum Gasteiger partial charge on any atom is 0.227 e. The van der Waals surface area contributed by atoms with Gasteiger partial charge >= 0.3 is 0 Å². The van der Waals surface area contributed by atoms with Crippen molar-refractivity contribution in [2.45, 2.75) is 39.7 Å². The van der Waals surface area contributed by atoms with E-state index in [0.29, 0.717) is 5.92 Å². The lowest BCUT2D eigenvalue weighted by atomic mass is 10.1. The van der Waals surface area contributed by atoms with Gasteiger partial charge in [0.1, 0.15) is 5.00 Å². The lowest BCUT2D eigenvalue weighted by Crippen LogP contribution is -2.16. The summed E-state index contributed by atoms with van der Waals surface area (Å²) in [5, 5.41) is 14.8. The van der Waals surface area contributed by atoms with Crippen molar-refractivity contribution in [1.82, 2.24) is 4.98 Å². The van der Waals surface area contributed by atoms with E-state index in [1.807, 2.05) is 37.3 Å². The minimum absolute atomic E-state index is 0.0437. The molecule has 0 radical (unpaired) electrons. The molecule has 1 unspecified atom stereocenters. The summed E-state index contributed by atoms with van der Waals surface area (Å²) in [7, 11) is 0. The third-order valence-corrected chi connectivity index (χ3v) is 4.15. The van der Waals surface area contributed by atoms with E-state index in [4.69, 9.17) is 0 Å². The summed E-state index contributed by atoms with van der Waals surface area (Å²) in [4.78, 5) is 16.6. The first-order valence-electron chi connectivity index (χ1n) is 7.45. The van der Waals surface area contributed by atoms with E-state index in [1.165, 1.54) is 11.3 Å². The second-order valence-corrected chi connectivity index (χ2v) is 6.99. The summed E-state index contributed by atoms with van der Waals surface area (Å²) >= 11 is 1.48. The molecule has 2 aromatic rings. The lowest BCUT2D eigenvalue weighted by Gasteiger charge is -2.11. The molecule has 0 aliphatic rings. The molecule has 4 nitrogen and oxygen atoms in total. The van der Waals surface area contributed by atoms with Crippen LogP contribution in [-0.2, 0) is 11.2 Å². The standard InChI is InChI=1S/C17H22N2O2S/c1-11(2)9-14-17(22-12(3)18-14)19-16(21)10-15(20)13-7-5-4-6-8-13/h4-8,11,15,20H,9-10H2,1-3H3,(H,19,21). The van der Waals surface area contributed by atoms with Crippen LogP contribution in [-0.4, -0.2) is 16.0 Å². The zero-order chi connectivity index (χ0) is 16.1. The lowest BCUT2D eigenvalue weighted by molar-refractivity contribution is -0.118. The van der Waals surface area contributed by atoms with Crippen LogP contribution >= 0.6 is 11.3 Å². The topological polar surface area (TPSA) is 62.2 Å². The summed E-state index contributed by atoms with van der Waals surface area (Å²) < 4.78 is 0. The van der Waals surface area contributed by atoms with Gasteiger partial charge in [0.05, 0.1) is 23.2 Å². The molecule has 1 aromatic carbocycles. The number of nitrogens with one attached hydrogen (secondary N) is 1. The van der Waals surface area contributed by atoms with Gasteiger partial charge in [-0.1, -0.05) is 44.2 Å². The van der Waals surface area contributed by atoms with Crippen LogP contribution < -0.4 is 5.32 Å². The average molecular weight is 318 g/mol. The molecule has 0 aliphatic carbocycles. The Morgan fingerprint density at radius 3 is 2.64 bits per heavy atom. The molecule has 1 atom stereocenters. The van der Waals surface area contributed by atoms with Crippen LogP contribution in [0.5, 0.6) is 0 Å². The summed E-state index contributed by atoms with van der Waals surface area (Å²) in [6.07, 6.45) is 0.0901. The van der Waals surface area contributed by atoms with Crippen molar-refractivity contribution in [3.8, 4) is 0 Å². The van der Waals surface area contributed by atoms with Crippen LogP contribution in [0.2, 0.25) is 0 Å². The van der Waals surface area contributed by atoms with Crippen LogP contribution in [0.25, 0.3) is 0 Å². The Kier molecular flexibility index (Phi) is 5.69. The maximum atomic E-state index is 12.2. The minimum Gasteiger partial charge on any atom is -0.388 e. The Balaban J connectivity index is 2.00. The van der Waals surface area contributed by atoms with Gasteiger partial charge in [0.25, 0.3) is 0 Å². The normalized spacial score (nSPS) is 12.4. The molecule has 0 aliphatic heterocycles. The van der Waals surface area contributed by atoms with E-state index in [-0.39, 0.29) is 12.3 Å². The van der Waals surface area contributed by atoms with Crippen LogP contribution in [0.15, 0.2) is 30.3 Å². The van der Waals surface area contributed by atoms with Gasteiger partial charge in [-0.25, -0.2) is 4.98 Å². The first kappa shape index (κ1) is 16.6. The van der Waals surface area contributed by atoms with Crippen LogP contribution in [0.3, 0.4) is 0 Å².